The van der Waals surface area contributed by atoms with Crippen molar-refractivity contribution in [3.63, 3.8) is 0 Å². The van der Waals surface area contributed by atoms with Crippen LogP contribution in [-0.2, 0) is 4.74 Å². The van der Waals surface area contributed by atoms with Crippen LogP contribution in [0.15, 0.2) is 24.3 Å². The Bertz CT molecular complexity index is 429. The monoisotopic (exact) mass is 309 g/mol. The van der Waals surface area contributed by atoms with Crippen LogP contribution in [-0.4, -0.2) is 42.9 Å². The number of nitrogens with zero attached hydrogens (tertiary/aromatic N) is 1. The van der Waals surface area contributed by atoms with E-state index < -0.39 is 6.10 Å². The van der Waals surface area contributed by atoms with E-state index in [0.29, 0.717) is 18.4 Å². The molecule has 0 amide bonds. The summed E-state index contributed by atoms with van der Waals surface area (Å²) < 4.78 is 18.4. The number of aliphatic hydroxyl groups excluding tert-OH is 1. The molecule has 4 heteroatoms. The number of halogens is 1. The zero-order valence-electron chi connectivity index (χ0n) is 13.7. The Kier molecular flexibility index (Phi) is 6.80. The van der Waals surface area contributed by atoms with E-state index in [1.165, 1.54) is 12.1 Å². The molecular weight excluding hydrogens is 281 g/mol. The number of hydrogen-bond acceptors (Lipinski definition) is 3. The first kappa shape index (κ1) is 17.4. The van der Waals surface area contributed by atoms with Gasteiger partial charge < -0.3 is 9.84 Å². The van der Waals surface area contributed by atoms with Crippen LogP contribution in [0.3, 0.4) is 0 Å². The van der Waals surface area contributed by atoms with Gasteiger partial charge in [-0.3, -0.25) is 4.90 Å². The second-order valence-corrected chi connectivity index (χ2v) is 6.74. The molecule has 1 aromatic rings. The highest BCUT2D eigenvalue weighted by Crippen LogP contribution is 2.20. The summed E-state index contributed by atoms with van der Waals surface area (Å²) in [6, 6.07) is 6.15. The molecule has 1 aliphatic heterocycles. The van der Waals surface area contributed by atoms with Gasteiger partial charge in [0.05, 0.1) is 6.10 Å². The van der Waals surface area contributed by atoms with Crippen molar-refractivity contribution in [3.8, 4) is 0 Å². The molecule has 1 N–H and O–H groups in total. The Morgan fingerprint density at radius 1 is 1.18 bits per heavy atom. The van der Waals surface area contributed by atoms with Crippen molar-refractivity contribution in [3.05, 3.63) is 35.6 Å². The summed E-state index contributed by atoms with van der Waals surface area (Å²) in [6.45, 7) is 8.65. The summed E-state index contributed by atoms with van der Waals surface area (Å²) in [6.07, 6.45) is 1.63. The summed E-state index contributed by atoms with van der Waals surface area (Å²) in [4.78, 5) is 2.34. The lowest BCUT2D eigenvalue weighted by Crippen LogP contribution is -2.37. The Hall–Kier alpha value is -0.970. The fraction of sp³-hybridized carbons (Fsp3) is 0.667. The van der Waals surface area contributed by atoms with E-state index >= 15 is 0 Å². The molecule has 124 valence electrons. The number of hydrogen-bond donors (Lipinski definition) is 1. The molecule has 2 rings (SSSR count). The maximum atomic E-state index is 13.0. The normalized spacial score (nSPS) is 18.1. The number of benzene rings is 1. The van der Waals surface area contributed by atoms with Crippen molar-refractivity contribution < 1.29 is 14.2 Å². The van der Waals surface area contributed by atoms with Crippen molar-refractivity contribution in [1.29, 1.82) is 0 Å². The lowest BCUT2D eigenvalue weighted by molar-refractivity contribution is 0.0392. The van der Waals surface area contributed by atoms with Gasteiger partial charge in [0.1, 0.15) is 5.82 Å². The van der Waals surface area contributed by atoms with Gasteiger partial charge >= 0.3 is 0 Å². The van der Waals surface area contributed by atoms with E-state index in [1.807, 2.05) is 0 Å². The fourth-order valence-corrected chi connectivity index (χ4v) is 3.07. The van der Waals surface area contributed by atoms with Crippen molar-refractivity contribution in [2.75, 3.05) is 32.8 Å². The molecule has 22 heavy (non-hydrogen) atoms. The van der Waals surface area contributed by atoms with Gasteiger partial charge in [0.15, 0.2) is 0 Å². The molecule has 1 saturated heterocycles. The molecule has 0 saturated carbocycles. The highest BCUT2D eigenvalue weighted by Gasteiger charge is 2.21. The lowest BCUT2D eigenvalue weighted by Gasteiger charge is -2.32. The number of rotatable bonds is 7. The Balaban J connectivity index is 1.93. The van der Waals surface area contributed by atoms with Crippen LogP contribution in [0.25, 0.3) is 0 Å². The van der Waals surface area contributed by atoms with Gasteiger partial charge in [-0.15, -0.1) is 0 Å². The third kappa shape index (κ3) is 5.67. The minimum atomic E-state index is -0.570. The standard InChI is InChI=1S/C18H28FNO2/c1-14(2)11-20(12-15-7-9-22-10-8-15)13-18(21)16-3-5-17(19)6-4-16/h3-6,14-15,18,21H,7-13H2,1-2H3. The number of aliphatic hydroxyl groups is 1. The summed E-state index contributed by atoms with van der Waals surface area (Å²) in [5.74, 6) is 0.936. The van der Waals surface area contributed by atoms with Crippen LogP contribution < -0.4 is 0 Å². The van der Waals surface area contributed by atoms with Gasteiger partial charge in [-0.2, -0.15) is 0 Å². The Morgan fingerprint density at radius 3 is 2.41 bits per heavy atom. The van der Waals surface area contributed by atoms with E-state index in [9.17, 15) is 9.50 Å². The molecule has 0 radical (unpaired) electrons. The van der Waals surface area contributed by atoms with E-state index in [-0.39, 0.29) is 5.82 Å². The molecule has 1 fully saturated rings. The zero-order chi connectivity index (χ0) is 15.9. The third-order valence-corrected chi connectivity index (χ3v) is 4.17. The zero-order valence-corrected chi connectivity index (χ0v) is 13.7. The molecular formula is C18H28FNO2. The van der Waals surface area contributed by atoms with E-state index in [4.69, 9.17) is 4.74 Å². The smallest absolute Gasteiger partial charge is 0.123 e. The molecule has 1 aromatic carbocycles. The number of ether oxygens (including phenoxy) is 1. The lowest BCUT2D eigenvalue weighted by atomic mass is 9.98. The minimum Gasteiger partial charge on any atom is -0.387 e. The average molecular weight is 309 g/mol. The molecule has 0 spiro atoms. The van der Waals surface area contributed by atoms with Crippen molar-refractivity contribution in [1.82, 2.24) is 4.90 Å². The predicted molar refractivity (Wildman–Crippen MR) is 86.2 cm³/mol. The molecule has 0 aromatic heterocycles. The van der Waals surface area contributed by atoms with Crippen molar-refractivity contribution >= 4 is 0 Å². The quantitative estimate of drug-likeness (QED) is 0.839. The molecule has 0 aliphatic carbocycles. The molecule has 1 aliphatic rings. The topological polar surface area (TPSA) is 32.7 Å². The van der Waals surface area contributed by atoms with Crippen molar-refractivity contribution in [2.45, 2.75) is 32.8 Å². The van der Waals surface area contributed by atoms with Crippen LogP contribution in [0.4, 0.5) is 4.39 Å². The van der Waals surface area contributed by atoms with Gasteiger partial charge in [-0.05, 0) is 42.4 Å². The van der Waals surface area contributed by atoms with Gasteiger partial charge in [0.2, 0.25) is 0 Å². The van der Waals surface area contributed by atoms with Crippen molar-refractivity contribution in [2.24, 2.45) is 11.8 Å². The Labute approximate surface area is 133 Å². The van der Waals surface area contributed by atoms with Gasteiger partial charge in [0, 0.05) is 32.8 Å². The molecule has 3 nitrogen and oxygen atoms in total. The third-order valence-electron chi connectivity index (χ3n) is 4.17. The largest absolute Gasteiger partial charge is 0.387 e. The Morgan fingerprint density at radius 2 is 1.82 bits per heavy atom. The van der Waals surface area contributed by atoms with Gasteiger partial charge in [-0.25, -0.2) is 4.39 Å². The second-order valence-electron chi connectivity index (χ2n) is 6.74. The summed E-state index contributed by atoms with van der Waals surface area (Å²) in [5.41, 5.74) is 0.780. The first-order valence-corrected chi connectivity index (χ1v) is 8.28. The molecule has 1 atom stereocenters. The first-order chi connectivity index (χ1) is 10.5. The molecule has 1 heterocycles. The molecule has 0 bridgehead atoms. The van der Waals surface area contributed by atoms with Crippen LogP contribution in [0.2, 0.25) is 0 Å². The van der Waals surface area contributed by atoms with E-state index in [0.717, 1.165) is 44.7 Å². The minimum absolute atomic E-state index is 0.266. The predicted octanol–water partition coefficient (Wildman–Crippen LogP) is 3.24. The summed E-state index contributed by atoms with van der Waals surface area (Å²) >= 11 is 0. The highest BCUT2D eigenvalue weighted by molar-refractivity contribution is 5.18. The van der Waals surface area contributed by atoms with Crippen LogP contribution >= 0.6 is 0 Å². The van der Waals surface area contributed by atoms with Crippen LogP contribution in [0.5, 0.6) is 0 Å². The molecule has 1 unspecified atom stereocenters. The maximum absolute atomic E-state index is 13.0. The van der Waals surface area contributed by atoms with E-state index in [1.54, 1.807) is 12.1 Å². The second kappa shape index (κ2) is 8.61. The van der Waals surface area contributed by atoms with Gasteiger partial charge in [0.25, 0.3) is 0 Å². The SMILES string of the molecule is CC(C)CN(CC1CCOCC1)CC(O)c1ccc(F)cc1. The highest BCUT2D eigenvalue weighted by atomic mass is 19.1. The van der Waals surface area contributed by atoms with E-state index in [2.05, 4.69) is 18.7 Å². The van der Waals surface area contributed by atoms with Gasteiger partial charge in [-0.1, -0.05) is 26.0 Å². The summed E-state index contributed by atoms with van der Waals surface area (Å²) in [5, 5.41) is 10.4. The average Bonchev–Trinajstić information content (AvgIpc) is 2.48. The first-order valence-electron chi connectivity index (χ1n) is 8.28. The summed E-state index contributed by atoms with van der Waals surface area (Å²) in [7, 11) is 0. The van der Waals surface area contributed by atoms with Crippen LogP contribution in [0, 0.1) is 17.7 Å². The fourth-order valence-electron chi connectivity index (χ4n) is 3.07. The van der Waals surface area contributed by atoms with Crippen LogP contribution in [0.1, 0.15) is 38.4 Å². The maximum Gasteiger partial charge on any atom is 0.123 e.